The predicted molar refractivity (Wildman–Crippen MR) is 154 cm³/mol. The lowest BCUT2D eigenvalue weighted by Gasteiger charge is -2.37. The Kier molecular flexibility index (Phi) is 9.03. The molecule has 0 spiro atoms. The number of H-pyrrole nitrogens is 1. The number of amides is 3. The number of carbonyl (C=O) groups is 3. The molecule has 0 radical (unpaired) electrons. The molecule has 1 atom stereocenters. The third kappa shape index (κ3) is 7.17. The lowest BCUT2D eigenvalue weighted by Crippen LogP contribution is -2.52. The molecule has 3 amide bonds. The molecule has 12 heteroatoms. The number of hydrogen-bond donors (Lipinski definition) is 2. The molecule has 4 rings (SSSR count). The van der Waals surface area contributed by atoms with Crippen LogP contribution in [0.1, 0.15) is 38.3 Å². The van der Waals surface area contributed by atoms with Crippen LogP contribution in [-0.4, -0.2) is 77.4 Å². The fourth-order valence-corrected chi connectivity index (χ4v) is 4.50. The van der Waals surface area contributed by atoms with Gasteiger partial charge < -0.3 is 24.4 Å². The van der Waals surface area contributed by atoms with Gasteiger partial charge in [0.15, 0.2) is 5.82 Å². The number of nitrogens with one attached hydrogen (secondary N) is 2. The maximum Gasteiger partial charge on any atom is 0.411 e. The summed E-state index contributed by atoms with van der Waals surface area (Å²) in [6, 6.07) is 7.25. The molecule has 0 unspecified atom stereocenters. The molecule has 1 aliphatic rings. The van der Waals surface area contributed by atoms with Gasteiger partial charge in [-0.3, -0.25) is 19.6 Å². The summed E-state index contributed by atoms with van der Waals surface area (Å²) in [7, 11) is 4.80. The van der Waals surface area contributed by atoms with Crippen molar-refractivity contribution in [3.05, 3.63) is 59.7 Å². The number of halogens is 1. The summed E-state index contributed by atoms with van der Waals surface area (Å²) in [5, 5.41) is 9.24. The summed E-state index contributed by atoms with van der Waals surface area (Å²) in [5.41, 5.74) is 1.74. The first-order chi connectivity index (χ1) is 19.9. The number of fused-ring (bicyclic) bond motifs is 1. The molecule has 0 aliphatic carbocycles. The average Bonchev–Trinajstić information content (AvgIpc) is 3.47. The second-order valence-electron chi connectivity index (χ2n) is 11.2. The first-order valence-electron chi connectivity index (χ1n) is 13.5. The van der Waals surface area contributed by atoms with Crippen LogP contribution in [0.5, 0.6) is 11.5 Å². The minimum Gasteiger partial charge on any atom is -0.497 e. The molecular weight excluding hydrogens is 545 g/mol. The molecule has 2 aromatic carbocycles. The number of aromatic amines is 1. The van der Waals surface area contributed by atoms with Gasteiger partial charge in [-0.2, -0.15) is 5.10 Å². The minimum atomic E-state index is -1.02. The van der Waals surface area contributed by atoms with Gasteiger partial charge in [-0.15, -0.1) is 0 Å². The van der Waals surface area contributed by atoms with Crippen LogP contribution in [0.25, 0.3) is 11.1 Å². The lowest BCUT2D eigenvalue weighted by atomic mass is 9.93. The van der Waals surface area contributed by atoms with Crippen molar-refractivity contribution in [3.63, 3.8) is 0 Å². The Hall–Kier alpha value is -4.61. The van der Waals surface area contributed by atoms with Crippen molar-refractivity contribution < 1.29 is 33.0 Å². The Morgan fingerprint density at radius 2 is 1.90 bits per heavy atom. The molecule has 224 valence electrons. The van der Waals surface area contributed by atoms with E-state index in [2.05, 4.69) is 15.5 Å². The first kappa shape index (κ1) is 30.4. The number of anilines is 1. The van der Waals surface area contributed by atoms with Crippen LogP contribution in [0.3, 0.4) is 0 Å². The third-order valence-electron chi connectivity index (χ3n) is 6.68. The van der Waals surface area contributed by atoms with Crippen LogP contribution in [0.2, 0.25) is 0 Å². The topological polar surface area (TPSA) is 126 Å². The van der Waals surface area contributed by atoms with E-state index in [0.29, 0.717) is 16.9 Å². The zero-order valence-corrected chi connectivity index (χ0v) is 24.6. The van der Waals surface area contributed by atoms with Crippen molar-refractivity contribution in [1.82, 2.24) is 20.0 Å². The maximum absolute atomic E-state index is 15.6. The smallest absolute Gasteiger partial charge is 0.411 e. The number of aromatic nitrogens is 2. The predicted octanol–water partition coefficient (Wildman–Crippen LogP) is 4.38. The molecular formula is C30H36FN5O6. The van der Waals surface area contributed by atoms with Crippen LogP contribution in [0.4, 0.5) is 14.9 Å². The molecule has 3 aromatic rings. The van der Waals surface area contributed by atoms with E-state index in [1.807, 2.05) is 12.1 Å². The van der Waals surface area contributed by atoms with Gasteiger partial charge in [-0.1, -0.05) is 6.07 Å². The SMILES string of the molecule is COc1ccc2c(c1)C[C@H](C(=O)Nc1c(F)cc(-c3cn[nH]c3)cc1OCCC(=O)N(C)C)N(C(=O)OC(C)(C)C)C2. The molecule has 2 N–H and O–H groups in total. The maximum atomic E-state index is 15.6. The first-order valence-corrected chi connectivity index (χ1v) is 13.5. The zero-order valence-electron chi connectivity index (χ0n) is 24.6. The molecule has 1 aromatic heterocycles. The number of carbonyl (C=O) groups excluding carboxylic acids is 3. The summed E-state index contributed by atoms with van der Waals surface area (Å²) in [4.78, 5) is 41.9. The summed E-state index contributed by atoms with van der Waals surface area (Å²) >= 11 is 0. The highest BCUT2D eigenvalue weighted by atomic mass is 19.1. The van der Waals surface area contributed by atoms with Gasteiger partial charge in [0.2, 0.25) is 11.8 Å². The van der Waals surface area contributed by atoms with Crippen LogP contribution in [-0.2, 0) is 27.3 Å². The fourth-order valence-electron chi connectivity index (χ4n) is 4.50. The Morgan fingerprint density at radius 3 is 2.55 bits per heavy atom. The monoisotopic (exact) mass is 581 g/mol. The average molecular weight is 582 g/mol. The zero-order chi connectivity index (χ0) is 30.6. The number of hydrogen-bond acceptors (Lipinski definition) is 7. The molecule has 0 bridgehead atoms. The highest BCUT2D eigenvalue weighted by Crippen LogP contribution is 2.35. The number of nitrogens with zero attached hydrogens (tertiary/aromatic N) is 3. The molecule has 11 nitrogen and oxygen atoms in total. The second kappa shape index (κ2) is 12.5. The highest BCUT2D eigenvalue weighted by Gasteiger charge is 2.38. The number of rotatable bonds is 8. The van der Waals surface area contributed by atoms with Gasteiger partial charge in [-0.05, 0) is 61.7 Å². The molecule has 0 saturated carbocycles. The van der Waals surface area contributed by atoms with E-state index in [9.17, 15) is 14.4 Å². The van der Waals surface area contributed by atoms with Gasteiger partial charge in [0.1, 0.15) is 28.8 Å². The number of methoxy groups -OCH3 is 1. The third-order valence-corrected chi connectivity index (χ3v) is 6.68. The van der Waals surface area contributed by atoms with Crippen molar-refractivity contribution in [2.24, 2.45) is 0 Å². The Bertz CT molecular complexity index is 1450. The summed E-state index contributed by atoms with van der Waals surface area (Å²) in [6.45, 7) is 5.29. The van der Waals surface area contributed by atoms with Crippen molar-refractivity contribution in [2.75, 3.05) is 33.1 Å². The van der Waals surface area contributed by atoms with Gasteiger partial charge in [0, 0.05) is 32.3 Å². The van der Waals surface area contributed by atoms with Crippen molar-refractivity contribution in [1.29, 1.82) is 0 Å². The number of ether oxygens (including phenoxy) is 3. The van der Waals surface area contributed by atoms with Crippen molar-refractivity contribution >= 4 is 23.6 Å². The highest BCUT2D eigenvalue weighted by molar-refractivity contribution is 5.98. The van der Waals surface area contributed by atoms with Crippen molar-refractivity contribution in [2.45, 2.75) is 51.8 Å². The fraction of sp³-hybridized carbons (Fsp3) is 0.400. The molecule has 0 fully saturated rings. The van der Waals surface area contributed by atoms with E-state index in [1.54, 1.807) is 60.3 Å². The Balaban J connectivity index is 1.66. The van der Waals surface area contributed by atoms with Gasteiger partial charge in [-0.25, -0.2) is 9.18 Å². The quantitative estimate of drug-likeness (QED) is 0.404. The van der Waals surface area contributed by atoms with Gasteiger partial charge in [0.05, 0.1) is 32.9 Å². The standard InChI is InChI=1S/C30H36FN5O6/c1-30(2,3)42-29(39)36-17-18-7-8-22(40-6)11-19(18)13-24(36)28(38)34-27-23(31)12-20(21-15-32-33-16-21)14-25(27)41-10-9-26(37)35(4)5/h7-8,11-12,14-16,24H,9-10,13,17H2,1-6H3,(H,32,33)(H,34,38)/t24-/m1/s1. The molecule has 0 saturated heterocycles. The van der Waals surface area contributed by atoms with Gasteiger partial charge in [0.25, 0.3) is 0 Å². The number of benzene rings is 2. The van der Waals surface area contributed by atoms with E-state index in [1.165, 1.54) is 22.1 Å². The van der Waals surface area contributed by atoms with Gasteiger partial charge >= 0.3 is 6.09 Å². The largest absolute Gasteiger partial charge is 0.497 e. The van der Waals surface area contributed by atoms with Crippen LogP contribution in [0, 0.1) is 5.82 Å². The Labute approximate surface area is 243 Å². The minimum absolute atomic E-state index is 0.0350. The van der Waals surface area contributed by atoms with E-state index < -0.39 is 29.5 Å². The molecule has 42 heavy (non-hydrogen) atoms. The normalized spacial score (nSPS) is 14.5. The van der Waals surface area contributed by atoms with E-state index >= 15 is 4.39 Å². The van der Waals surface area contributed by atoms with Crippen LogP contribution >= 0.6 is 0 Å². The van der Waals surface area contributed by atoms with Crippen LogP contribution < -0.4 is 14.8 Å². The van der Waals surface area contributed by atoms with E-state index in [-0.39, 0.29) is 43.3 Å². The summed E-state index contributed by atoms with van der Waals surface area (Å²) < 4.78 is 32.4. The molecule has 2 heterocycles. The molecule has 1 aliphatic heterocycles. The summed E-state index contributed by atoms with van der Waals surface area (Å²) in [6.07, 6.45) is 2.65. The lowest BCUT2D eigenvalue weighted by molar-refractivity contribution is -0.129. The van der Waals surface area contributed by atoms with E-state index in [4.69, 9.17) is 14.2 Å². The Morgan fingerprint density at radius 1 is 1.14 bits per heavy atom. The van der Waals surface area contributed by atoms with Crippen molar-refractivity contribution in [3.8, 4) is 22.6 Å². The van der Waals surface area contributed by atoms with Crippen LogP contribution in [0.15, 0.2) is 42.7 Å². The second-order valence-corrected chi connectivity index (χ2v) is 11.2. The summed E-state index contributed by atoms with van der Waals surface area (Å²) in [5.74, 6) is -0.900. The van der Waals surface area contributed by atoms with E-state index in [0.717, 1.165) is 11.1 Å².